The number of carbonyl (C=O) groups is 1. The number of amides is 1. The summed E-state index contributed by atoms with van der Waals surface area (Å²) in [7, 11) is -4.10. The number of rotatable bonds is 11. The number of ether oxygens (including phenoxy) is 2. The van der Waals surface area contributed by atoms with Crippen molar-refractivity contribution >= 4 is 39.2 Å². The summed E-state index contributed by atoms with van der Waals surface area (Å²) in [5.41, 5.74) is 3.62. The normalized spacial score (nSPS) is 13.7. The van der Waals surface area contributed by atoms with Crippen LogP contribution < -0.4 is 19.4 Å². The van der Waals surface area contributed by atoms with Gasteiger partial charge in [-0.1, -0.05) is 18.2 Å². The quantitative estimate of drug-likeness (QED) is 0.211. The maximum Gasteiger partial charge on any atom is 0.270 e. The number of nitro benzene ring substituents is 1. The first kappa shape index (κ1) is 28.5. The fraction of sp³-hybridized carbons (Fsp3) is 0.259. The summed E-state index contributed by atoms with van der Waals surface area (Å²) in [6.07, 6.45) is 1.31. The zero-order chi connectivity index (χ0) is 28.5. The number of benzene rings is 3. The van der Waals surface area contributed by atoms with Gasteiger partial charge in [0.2, 0.25) is 0 Å². The zero-order valence-corrected chi connectivity index (χ0v) is 22.6. The minimum atomic E-state index is -4.10. The van der Waals surface area contributed by atoms with E-state index in [2.05, 4.69) is 10.5 Å². The topological polar surface area (TPSA) is 144 Å². The van der Waals surface area contributed by atoms with Crippen LogP contribution in [0.5, 0.6) is 5.75 Å². The predicted molar refractivity (Wildman–Crippen MR) is 150 cm³/mol. The van der Waals surface area contributed by atoms with Gasteiger partial charge in [0.15, 0.2) is 0 Å². The Kier molecular flexibility index (Phi) is 9.30. The fourth-order valence-corrected chi connectivity index (χ4v) is 5.54. The van der Waals surface area contributed by atoms with Crippen LogP contribution >= 0.6 is 0 Å². The largest absolute Gasteiger partial charge is 0.494 e. The van der Waals surface area contributed by atoms with Crippen molar-refractivity contribution in [2.24, 2.45) is 5.10 Å². The van der Waals surface area contributed by atoms with E-state index in [1.807, 2.05) is 11.8 Å². The van der Waals surface area contributed by atoms with Crippen LogP contribution in [0.15, 0.2) is 82.8 Å². The highest BCUT2D eigenvalue weighted by molar-refractivity contribution is 7.92. The van der Waals surface area contributed by atoms with Gasteiger partial charge in [0, 0.05) is 36.5 Å². The van der Waals surface area contributed by atoms with E-state index in [4.69, 9.17) is 9.47 Å². The second kappa shape index (κ2) is 13.0. The molecule has 1 aliphatic heterocycles. The third-order valence-electron chi connectivity index (χ3n) is 6.02. The lowest BCUT2D eigenvalue weighted by atomic mass is 10.1. The smallest absolute Gasteiger partial charge is 0.270 e. The summed E-state index contributed by atoms with van der Waals surface area (Å²) in [6, 6.07) is 18.5. The van der Waals surface area contributed by atoms with Crippen LogP contribution in [0, 0.1) is 10.1 Å². The molecule has 0 unspecified atom stereocenters. The number of morpholine rings is 1. The highest BCUT2D eigenvalue weighted by Gasteiger charge is 2.27. The van der Waals surface area contributed by atoms with Crippen LogP contribution in [0.3, 0.4) is 0 Å². The summed E-state index contributed by atoms with van der Waals surface area (Å²) in [5.74, 6) is -0.145. The molecule has 0 aromatic heterocycles. The molecule has 1 saturated heterocycles. The summed E-state index contributed by atoms with van der Waals surface area (Å²) < 4.78 is 38.8. The van der Waals surface area contributed by atoms with E-state index in [9.17, 15) is 23.3 Å². The van der Waals surface area contributed by atoms with Crippen LogP contribution in [-0.4, -0.2) is 64.9 Å². The third-order valence-corrected chi connectivity index (χ3v) is 7.81. The summed E-state index contributed by atoms with van der Waals surface area (Å²) in [4.78, 5) is 25.8. The lowest BCUT2D eigenvalue weighted by molar-refractivity contribution is -0.384. The lowest BCUT2D eigenvalue weighted by Gasteiger charge is -2.29. The first-order valence-corrected chi connectivity index (χ1v) is 14.0. The molecule has 0 saturated carbocycles. The van der Waals surface area contributed by atoms with Gasteiger partial charge in [-0.25, -0.2) is 13.8 Å². The van der Waals surface area contributed by atoms with Gasteiger partial charge in [-0.15, -0.1) is 0 Å². The van der Waals surface area contributed by atoms with Crippen molar-refractivity contribution in [2.45, 2.75) is 11.8 Å². The molecule has 0 spiro atoms. The molecule has 4 rings (SSSR count). The highest BCUT2D eigenvalue weighted by atomic mass is 32.2. The maximum absolute atomic E-state index is 13.5. The molecule has 1 aliphatic rings. The molecule has 3 aromatic rings. The Morgan fingerprint density at radius 3 is 2.48 bits per heavy atom. The average molecular weight is 568 g/mol. The number of sulfonamides is 1. The number of nitro groups is 1. The van der Waals surface area contributed by atoms with E-state index in [1.165, 1.54) is 30.5 Å². The SMILES string of the molecule is CCOc1ccc(N(CC(=O)N/N=C/c2cc([N+](=O)[O-])ccc2N2CCOCC2)S(=O)(=O)c2ccccc2)cc1. The standard InChI is InChI=1S/C27H29N5O7S/c1-2-39-24-11-8-22(9-12-24)31(40(36,37)25-6-4-3-5-7-25)20-27(33)29-28-19-21-18-23(32(34)35)10-13-26(21)30-14-16-38-17-15-30/h3-13,18-19H,2,14-17,20H2,1H3,(H,29,33)/b28-19+. The van der Waals surface area contributed by atoms with Crippen molar-refractivity contribution in [2.75, 3.05) is 48.7 Å². The van der Waals surface area contributed by atoms with Crippen LogP contribution in [0.2, 0.25) is 0 Å². The molecule has 0 radical (unpaired) electrons. The number of non-ortho nitro benzene ring substituents is 1. The molecule has 1 fully saturated rings. The molecule has 1 N–H and O–H groups in total. The molecule has 1 amide bonds. The molecule has 1 heterocycles. The number of hydrogen-bond acceptors (Lipinski definition) is 9. The van der Waals surface area contributed by atoms with Gasteiger partial charge in [0.25, 0.3) is 21.6 Å². The monoisotopic (exact) mass is 567 g/mol. The van der Waals surface area contributed by atoms with Crippen molar-refractivity contribution in [3.05, 3.63) is 88.5 Å². The van der Waals surface area contributed by atoms with Crippen molar-refractivity contribution in [3.63, 3.8) is 0 Å². The molecule has 3 aromatic carbocycles. The molecule has 210 valence electrons. The van der Waals surface area contributed by atoms with Gasteiger partial charge in [-0.05, 0) is 49.4 Å². The van der Waals surface area contributed by atoms with Crippen LogP contribution in [-0.2, 0) is 19.6 Å². The molecular weight excluding hydrogens is 538 g/mol. The minimum absolute atomic E-state index is 0.0203. The Hall–Kier alpha value is -4.49. The molecule has 40 heavy (non-hydrogen) atoms. The molecular formula is C27H29N5O7S. The van der Waals surface area contributed by atoms with E-state index in [0.717, 1.165) is 4.31 Å². The lowest BCUT2D eigenvalue weighted by Crippen LogP contribution is -2.39. The van der Waals surface area contributed by atoms with Crippen molar-refractivity contribution in [1.82, 2.24) is 5.43 Å². The number of nitrogens with one attached hydrogen (secondary N) is 1. The summed E-state index contributed by atoms with van der Waals surface area (Å²) in [6.45, 7) is 3.95. The molecule has 0 atom stereocenters. The minimum Gasteiger partial charge on any atom is -0.494 e. The first-order valence-electron chi connectivity index (χ1n) is 12.5. The van der Waals surface area contributed by atoms with Gasteiger partial charge in [0.1, 0.15) is 12.3 Å². The zero-order valence-electron chi connectivity index (χ0n) is 21.8. The maximum atomic E-state index is 13.5. The number of carbonyl (C=O) groups excluding carboxylic acids is 1. The molecule has 0 bridgehead atoms. The van der Waals surface area contributed by atoms with Gasteiger partial charge in [0.05, 0.1) is 41.5 Å². The average Bonchev–Trinajstić information content (AvgIpc) is 2.97. The number of hydrogen-bond donors (Lipinski definition) is 1. The predicted octanol–water partition coefficient (Wildman–Crippen LogP) is 3.18. The summed E-state index contributed by atoms with van der Waals surface area (Å²) >= 11 is 0. The molecule has 13 heteroatoms. The Morgan fingerprint density at radius 1 is 1.12 bits per heavy atom. The van der Waals surface area contributed by atoms with Crippen LogP contribution in [0.4, 0.5) is 17.1 Å². The van der Waals surface area contributed by atoms with Crippen molar-refractivity contribution in [3.8, 4) is 5.75 Å². The molecule has 0 aliphatic carbocycles. The van der Waals surface area contributed by atoms with Gasteiger partial charge in [-0.2, -0.15) is 5.10 Å². The third kappa shape index (κ3) is 6.93. The van der Waals surface area contributed by atoms with E-state index in [1.54, 1.807) is 48.5 Å². The number of hydrazone groups is 1. The van der Waals surface area contributed by atoms with Crippen LogP contribution in [0.1, 0.15) is 12.5 Å². The Bertz CT molecular complexity index is 1460. The van der Waals surface area contributed by atoms with Crippen molar-refractivity contribution < 1.29 is 27.6 Å². The number of anilines is 2. The van der Waals surface area contributed by atoms with E-state index in [0.29, 0.717) is 49.9 Å². The van der Waals surface area contributed by atoms with Gasteiger partial charge in [-0.3, -0.25) is 19.2 Å². The summed E-state index contributed by atoms with van der Waals surface area (Å²) in [5, 5.41) is 15.3. The van der Waals surface area contributed by atoms with Gasteiger partial charge >= 0.3 is 0 Å². The first-order chi connectivity index (χ1) is 19.3. The van der Waals surface area contributed by atoms with E-state index >= 15 is 0 Å². The second-order valence-corrected chi connectivity index (χ2v) is 10.5. The van der Waals surface area contributed by atoms with E-state index in [-0.39, 0.29) is 16.3 Å². The fourth-order valence-electron chi connectivity index (χ4n) is 4.10. The van der Waals surface area contributed by atoms with E-state index < -0.39 is 27.4 Å². The second-order valence-electron chi connectivity index (χ2n) is 8.64. The van der Waals surface area contributed by atoms with Gasteiger partial charge < -0.3 is 14.4 Å². The Labute approximate surface area is 232 Å². The highest BCUT2D eigenvalue weighted by Crippen LogP contribution is 2.27. The Morgan fingerprint density at radius 2 is 1.82 bits per heavy atom. The number of nitrogens with zero attached hydrogens (tertiary/aromatic N) is 4. The van der Waals surface area contributed by atoms with Crippen molar-refractivity contribution in [1.29, 1.82) is 0 Å². The Balaban J connectivity index is 1.56. The molecule has 12 nitrogen and oxygen atoms in total. The van der Waals surface area contributed by atoms with Crippen LogP contribution in [0.25, 0.3) is 0 Å².